The Morgan fingerprint density at radius 3 is 0.765 bits per heavy atom. The first-order valence-corrected chi connectivity index (χ1v) is 13.6. The topological polar surface area (TPSA) is 31.2 Å². The van der Waals surface area contributed by atoms with Gasteiger partial charge in [-0.05, 0) is 83.1 Å². The monoisotopic (exact) mass is 526 g/mol. The third kappa shape index (κ3) is 11.0. The van der Waals surface area contributed by atoms with Crippen molar-refractivity contribution in [3.8, 4) is 0 Å². The van der Waals surface area contributed by atoms with Gasteiger partial charge in [-0.1, -0.05) is 0 Å². The first-order valence-electron chi connectivity index (χ1n) is 13.6. The third-order valence-electron chi connectivity index (χ3n) is 7.17. The van der Waals surface area contributed by atoms with Crippen molar-refractivity contribution in [2.45, 2.75) is 83.1 Å². The lowest BCUT2D eigenvalue weighted by Crippen LogP contribution is -3.00. The molecule has 208 valence electrons. The second-order valence-electron chi connectivity index (χ2n) is 8.08. The summed E-state index contributed by atoms with van der Waals surface area (Å²) in [5, 5.41) is 0. The van der Waals surface area contributed by atoms with Gasteiger partial charge in [-0.15, -0.1) is 0 Å². The first kappa shape index (κ1) is 40.6. The molecular weight excluding hydrogens is 467 g/mol. The smallest absolute Gasteiger partial charge is 0.300 e. The summed E-state index contributed by atoms with van der Waals surface area (Å²) in [5.41, 5.74) is 0. The standard InChI is InChI=1S/2C13H30N3.2ClH/c2*1-7-14-13(15(8-2)9-3)16(10-4,11-5)12-6;;/h2*7-12H2,1-6H3;2*1H/q2*+1;;/p-2. The van der Waals surface area contributed by atoms with Crippen LogP contribution in [0, 0.1) is 0 Å². The number of hydrogen-bond acceptors (Lipinski definition) is 2. The molecule has 34 heavy (non-hydrogen) atoms. The number of halogens is 2. The van der Waals surface area contributed by atoms with E-state index in [0.717, 1.165) is 87.5 Å². The average molecular weight is 528 g/mol. The summed E-state index contributed by atoms with van der Waals surface area (Å²) in [6.07, 6.45) is 0. The molecule has 0 amide bonds. The molecule has 0 aromatic rings. The van der Waals surface area contributed by atoms with E-state index in [1.54, 1.807) is 0 Å². The molecule has 0 fully saturated rings. The lowest BCUT2D eigenvalue weighted by Gasteiger charge is -2.39. The van der Waals surface area contributed by atoms with Crippen molar-refractivity contribution < 1.29 is 33.8 Å². The van der Waals surface area contributed by atoms with Gasteiger partial charge in [-0.2, -0.15) is 0 Å². The molecule has 0 spiro atoms. The molecule has 0 aliphatic rings. The van der Waals surface area contributed by atoms with Crippen molar-refractivity contribution in [3.05, 3.63) is 0 Å². The summed E-state index contributed by atoms with van der Waals surface area (Å²) in [6, 6.07) is 0. The zero-order valence-corrected chi connectivity index (χ0v) is 26.4. The highest BCUT2D eigenvalue weighted by Crippen LogP contribution is 2.13. The molecule has 0 saturated carbocycles. The summed E-state index contributed by atoms with van der Waals surface area (Å²) < 4.78 is 2.02. The molecule has 8 heteroatoms. The molecule has 0 N–H and O–H groups in total. The Morgan fingerprint density at radius 2 is 0.647 bits per heavy atom. The van der Waals surface area contributed by atoms with Crippen LogP contribution in [0.2, 0.25) is 0 Å². The van der Waals surface area contributed by atoms with Crippen molar-refractivity contribution >= 4 is 11.9 Å². The fourth-order valence-corrected chi connectivity index (χ4v) is 4.59. The van der Waals surface area contributed by atoms with Gasteiger partial charge in [0, 0.05) is 39.3 Å². The third-order valence-corrected chi connectivity index (χ3v) is 7.17. The van der Waals surface area contributed by atoms with Gasteiger partial charge in [-0.3, -0.25) is 8.97 Å². The van der Waals surface area contributed by atoms with E-state index in [4.69, 9.17) is 9.98 Å². The van der Waals surface area contributed by atoms with Crippen LogP contribution in [-0.4, -0.2) is 109 Å². The molecule has 0 rings (SSSR count). The SMILES string of the molecule is CCN=C(N(CC)CC)[N+](CC)(CC)CC.CCN=C(N(CC)CC)[N+](CC)(CC)CC.[Cl-].[Cl-]. The van der Waals surface area contributed by atoms with E-state index in [1.165, 1.54) is 11.9 Å². The zero-order chi connectivity index (χ0) is 25.2. The quantitative estimate of drug-likeness (QED) is 0.189. The Labute approximate surface area is 226 Å². The highest BCUT2D eigenvalue weighted by atomic mass is 35.5. The van der Waals surface area contributed by atoms with Crippen molar-refractivity contribution in [3.63, 3.8) is 0 Å². The van der Waals surface area contributed by atoms with Gasteiger partial charge in [0.25, 0.3) is 11.9 Å². The molecule has 0 aromatic heterocycles. The lowest BCUT2D eigenvalue weighted by molar-refractivity contribution is -0.841. The van der Waals surface area contributed by atoms with E-state index in [9.17, 15) is 0 Å². The Kier molecular flexibility index (Phi) is 27.3. The van der Waals surface area contributed by atoms with Crippen molar-refractivity contribution in [1.29, 1.82) is 0 Å². The minimum Gasteiger partial charge on any atom is -1.00 e. The summed E-state index contributed by atoms with van der Waals surface area (Å²) >= 11 is 0. The zero-order valence-electron chi connectivity index (χ0n) is 24.9. The van der Waals surface area contributed by atoms with E-state index in [1.807, 2.05) is 0 Å². The lowest BCUT2D eigenvalue weighted by atomic mass is 10.3. The van der Waals surface area contributed by atoms with E-state index < -0.39 is 0 Å². The normalized spacial score (nSPS) is 12.2. The van der Waals surface area contributed by atoms with Crippen LogP contribution in [0.1, 0.15) is 83.1 Å². The van der Waals surface area contributed by atoms with Gasteiger partial charge in [0.1, 0.15) is 0 Å². The van der Waals surface area contributed by atoms with E-state index >= 15 is 0 Å². The summed E-state index contributed by atoms with van der Waals surface area (Å²) in [5.74, 6) is 2.56. The molecular formula is C26H60Cl2N6. The van der Waals surface area contributed by atoms with E-state index in [0.29, 0.717) is 0 Å². The summed E-state index contributed by atoms with van der Waals surface area (Å²) in [4.78, 5) is 14.3. The number of hydrogen-bond donors (Lipinski definition) is 0. The Bertz CT molecular complexity index is 447. The summed E-state index contributed by atoms with van der Waals surface area (Å²) in [7, 11) is 0. The van der Waals surface area contributed by atoms with E-state index in [2.05, 4.69) is 92.9 Å². The molecule has 0 heterocycles. The van der Waals surface area contributed by atoms with Gasteiger partial charge in [0.2, 0.25) is 0 Å². The summed E-state index contributed by atoms with van der Waals surface area (Å²) in [6.45, 7) is 39.4. The van der Waals surface area contributed by atoms with Crippen LogP contribution in [0.4, 0.5) is 0 Å². The van der Waals surface area contributed by atoms with Crippen LogP contribution >= 0.6 is 0 Å². The predicted molar refractivity (Wildman–Crippen MR) is 146 cm³/mol. The Balaban J connectivity index is -0.000000250. The van der Waals surface area contributed by atoms with Gasteiger partial charge in [0.05, 0.1) is 39.3 Å². The van der Waals surface area contributed by atoms with Crippen LogP contribution in [0.25, 0.3) is 0 Å². The molecule has 0 aromatic carbocycles. The van der Waals surface area contributed by atoms with Crippen molar-refractivity contribution in [2.75, 3.05) is 78.5 Å². The molecule has 0 unspecified atom stereocenters. The highest BCUT2D eigenvalue weighted by molar-refractivity contribution is 5.74. The van der Waals surface area contributed by atoms with Crippen molar-refractivity contribution in [2.24, 2.45) is 9.98 Å². The largest absolute Gasteiger partial charge is 1.00 e. The van der Waals surface area contributed by atoms with Gasteiger partial charge in [0.15, 0.2) is 0 Å². The number of aliphatic imine (C=N–C) groups is 2. The average Bonchev–Trinajstić information content (AvgIpc) is 2.84. The molecule has 0 bridgehead atoms. The number of guanidine groups is 2. The van der Waals surface area contributed by atoms with Crippen LogP contribution in [-0.2, 0) is 0 Å². The molecule has 0 radical (unpaired) electrons. The van der Waals surface area contributed by atoms with Crippen molar-refractivity contribution in [1.82, 2.24) is 9.80 Å². The van der Waals surface area contributed by atoms with Crippen LogP contribution in [0.15, 0.2) is 9.98 Å². The highest BCUT2D eigenvalue weighted by Gasteiger charge is 2.33. The number of quaternary nitrogens is 2. The maximum atomic E-state index is 4.77. The Morgan fingerprint density at radius 1 is 0.441 bits per heavy atom. The second kappa shape index (κ2) is 22.9. The first-order chi connectivity index (χ1) is 15.3. The predicted octanol–water partition coefficient (Wildman–Crippen LogP) is -0.831. The molecule has 0 saturated heterocycles. The minimum absolute atomic E-state index is 0. The molecule has 6 nitrogen and oxygen atoms in total. The van der Waals surface area contributed by atoms with Crippen LogP contribution in [0.3, 0.4) is 0 Å². The number of rotatable bonds is 12. The fraction of sp³-hybridized carbons (Fsp3) is 0.923. The maximum absolute atomic E-state index is 4.77. The molecule has 0 atom stereocenters. The van der Waals surface area contributed by atoms with Crippen LogP contribution < -0.4 is 24.8 Å². The van der Waals surface area contributed by atoms with Gasteiger partial charge < -0.3 is 34.6 Å². The van der Waals surface area contributed by atoms with Gasteiger partial charge >= 0.3 is 0 Å². The number of nitrogens with zero attached hydrogens (tertiary/aromatic N) is 6. The Hall–Kier alpha value is -0.560. The maximum Gasteiger partial charge on any atom is 0.300 e. The molecule has 0 aliphatic carbocycles. The van der Waals surface area contributed by atoms with Crippen LogP contribution in [0.5, 0.6) is 0 Å². The van der Waals surface area contributed by atoms with Gasteiger partial charge in [-0.25, -0.2) is 9.98 Å². The second-order valence-corrected chi connectivity index (χ2v) is 8.08. The molecule has 0 aliphatic heterocycles. The fourth-order valence-electron chi connectivity index (χ4n) is 4.59. The minimum atomic E-state index is 0. The van der Waals surface area contributed by atoms with E-state index in [-0.39, 0.29) is 24.8 Å².